The fourth-order valence-electron chi connectivity index (χ4n) is 3.23. The molecule has 0 aliphatic heterocycles. The van der Waals surface area contributed by atoms with Gasteiger partial charge >= 0.3 is 5.97 Å². The highest BCUT2D eigenvalue weighted by Gasteiger charge is 2.23. The van der Waals surface area contributed by atoms with E-state index in [1.165, 1.54) is 20.3 Å². The van der Waals surface area contributed by atoms with Crippen LogP contribution in [-0.2, 0) is 0 Å². The molecule has 0 aliphatic carbocycles. The van der Waals surface area contributed by atoms with Gasteiger partial charge in [0.15, 0.2) is 0 Å². The topological polar surface area (TPSA) is 88.0 Å². The molecule has 0 spiro atoms. The van der Waals surface area contributed by atoms with Crippen molar-refractivity contribution in [3.05, 3.63) is 40.0 Å². The number of benzene rings is 2. The second-order valence-corrected chi connectivity index (χ2v) is 8.16. The zero-order valence-electron chi connectivity index (χ0n) is 18.4. The number of halogens is 2. The standard InChI is InChI=1S/C22H24Cl2N4O4/c1-27(2)8-9-28(3)16-11-25-20-13(22(29)30)7-6-12(21(20)26-16)17-18(23)14(31-4)10-15(32-5)19(17)24/h6-7,10-11H,8-9H2,1-5H3,(H,29,30). The molecular formula is C22H24Cl2N4O4. The van der Waals surface area contributed by atoms with E-state index in [9.17, 15) is 9.90 Å². The van der Waals surface area contributed by atoms with Gasteiger partial charge in [-0.15, -0.1) is 0 Å². The summed E-state index contributed by atoms with van der Waals surface area (Å²) in [6, 6.07) is 4.67. The normalized spacial score (nSPS) is 11.1. The molecule has 0 amide bonds. The van der Waals surface area contributed by atoms with Crippen LogP contribution in [0, 0.1) is 0 Å². The molecule has 0 unspecified atom stereocenters. The summed E-state index contributed by atoms with van der Waals surface area (Å²) in [5, 5.41) is 10.2. The van der Waals surface area contributed by atoms with Crippen molar-refractivity contribution in [1.29, 1.82) is 0 Å². The molecule has 1 aromatic heterocycles. The first-order valence-corrected chi connectivity index (χ1v) is 10.4. The van der Waals surface area contributed by atoms with Crippen LogP contribution in [0.3, 0.4) is 0 Å². The molecule has 2 aromatic carbocycles. The van der Waals surface area contributed by atoms with Gasteiger partial charge in [-0.2, -0.15) is 0 Å². The predicted octanol–water partition coefficient (Wildman–Crippen LogP) is 4.32. The molecule has 1 N–H and O–H groups in total. The highest BCUT2D eigenvalue weighted by atomic mass is 35.5. The fourth-order valence-corrected chi connectivity index (χ4v) is 3.94. The molecule has 3 aromatic rings. The number of fused-ring (bicyclic) bond motifs is 1. The Morgan fingerprint density at radius 1 is 1.03 bits per heavy atom. The molecule has 0 saturated heterocycles. The van der Waals surface area contributed by atoms with Crippen molar-refractivity contribution in [3.8, 4) is 22.6 Å². The highest BCUT2D eigenvalue weighted by molar-refractivity contribution is 6.41. The van der Waals surface area contributed by atoms with Crippen molar-refractivity contribution >= 4 is 46.0 Å². The van der Waals surface area contributed by atoms with Crippen LogP contribution in [0.25, 0.3) is 22.2 Å². The molecule has 10 heteroatoms. The van der Waals surface area contributed by atoms with E-state index >= 15 is 0 Å². The van der Waals surface area contributed by atoms with Gasteiger partial charge < -0.3 is 24.4 Å². The van der Waals surface area contributed by atoms with Crippen LogP contribution in [0.1, 0.15) is 10.4 Å². The Bertz CT molecular complexity index is 1140. The van der Waals surface area contributed by atoms with Gasteiger partial charge in [0.25, 0.3) is 0 Å². The van der Waals surface area contributed by atoms with Crippen molar-refractivity contribution in [1.82, 2.24) is 14.9 Å². The van der Waals surface area contributed by atoms with Crippen LogP contribution >= 0.6 is 23.2 Å². The minimum Gasteiger partial charge on any atom is -0.495 e. The monoisotopic (exact) mass is 478 g/mol. The van der Waals surface area contributed by atoms with E-state index < -0.39 is 5.97 Å². The maximum absolute atomic E-state index is 11.8. The first-order chi connectivity index (χ1) is 15.2. The van der Waals surface area contributed by atoms with Gasteiger partial charge in [-0.1, -0.05) is 29.3 Å². The molecule has 0 bridgehead atoms. The summed E-state index contributed by atoms with van der Waals surface area (Å²) in [7, 11) is 8.84. The van der Waals surface area contributed by atoms with E-state index in [2.05, 4.69) is 9.88 Å². The van der Waals surface area contributed by atoms with Gasteiger partial charge in [0.05, 0.1) is 41.5 Å². The summed E-state index contributed by atoms with van der Waals surface area (Å²) in [5.74, 6) is 0.214. The lowest BCUT2D eigenvalue weighted by Crippen LogP contribution is -2.29. The molecule has 0 fully saturated rings. The number of aromatic carboxylic acids is 1. The summed E-state index contributed by atoms with van der Waals surface area (Å²) in [5.41, 5.74) is 1.56. The number of carboxylic acids is 1. The molecule has 8 nitrogen and oxygen atoms in total. The lowest BCUT2D eigenvalue weighted by Gasteiger charge is -2.21. The Kier molecular flexibility index (Phi) is 7.28. The molecule has 32 heavy (non-hydrogen) atoms. The molecule has 0 saturated carbocycles. The zero-order valence-corrected chi connectivity index (χ0v) is 20.0. The molecular weight excluding hydrogens is 455 g/mol. The number of likely N-dealkylation sites (N-methyl/N-ethyl adjacent to an activating group) is 2. The van der Waals surface area contributed by atoms with Crippen LogP contribution < -0.4 is 14.4 Å². The third kappa shape index (κ3) is 4.53. The van der Waals surface area contributed by atoms with Crippen molar-refractivity contribution in [2.75, 3.05) is 53.4 Å². The SMILES string of the molecule is COc1cc(OC)c(Cl)c(-c2ccc(C(=O)O)c3ncc(N(C)CCN(C)C)nc23)c1Cl. The lowest BCUT2D eigenvalue weighted by molar-refractivity contribution is 0.0699. The van der Waals surface area contributed by atoms with Gasteiger partial charge in [-0.3, -0.25) is 0 Å². The van der Waals surface area contributed by atoms with Crippen molar-refractivity contribution in [3.63, 3.8) is 0 Å². The minimum absolute atomic E-state index is 0.0286. The number of carboxylic acid groups (broad SMARTS) is 1. The van der Waals surface area contributed by atoms with Gasteiger partial charge in [-0.05, 0) is 20.2 Å². The average molecular weight is 479 g/mol. The Morgan fingerprint density at radius 2 is 1.66 bits per heavy atom. The fraction of sp³-hybridized carbons (Fsp3) is 0.318. The van der Waals surface area contributed by atoms with Crippen LogP contribution in [-0.4, -0.2) is 74.4 Å². The number of ether oxygens (including phenoxy) is 2. The number of hydrogen-bond donors (Lipinski definition) is 1. The molecule has 0 aliphatic rings. The smallest absolute Gasteiger partial charge is 0.337 e. The van der Waals surface area contributed by atoms with Crippen LogP contribution in [0.5, 0.6) is 11.5 Å². The molecule has 170 valence electrons. The molecule has 0 atom stereocenters. The molecule has 0 radical (unpaired) electrons. The number of aromatic nitrogens is 2. The number of nitrogens with zero attached hydrogens (tertiary/aromatic N) is 4. The Hall–Kier alpha value is -2.81. The Morgan fingerprint density at radius 3 is 2.19 bits per heavy atom. The van der Waals surface area contributed by atoms with E-state index in [1.54, 1.807) is 18.3 Å². The summed E-state index contributed by atoms with van der Waals surface area (Å²) < 4.78 is 10.8. The van der Waals surface area contributed by atoms with E-state index in [1.807, 2.05) is 26.0 Å². The van der Waals surface area contributed by atoms with Crippen LogP contribution in [0.15, 0.2) is 24.4 Å². The first kappa shape index (κ1) is 23.8. The third-order valence-corrected chi connectivity index (χ3v) is 5.78. The van der Waals surface area contributed by atoms with E-state index in [-0.39, 0.29) is 21.1 Å². The number of methoxy groups -OCH3 is 2. The van der Waals surface area contributed by atoms with Gasteiger partial charge in [0.1, 0.15) is 22.8 Å². The van der Waals surface area contributed by atoms with Gasteiger partial charge in [0.2, 0.25) is 0 Å². The molecule has 1 heterocycles. The summed E-state index contributed by atoms with van der Waals surface area (Å²) >= 11 is 13.2. The van der Waals surface area contributed by atoms with E-state index in [0.717, 1.165) is 6.54 Å². The maximum atomic E-state index is 11.8. The minimum atomic E-state index is -1.11. The summed E-state index contributed by atoms with van der Waals surface area (Å²) in [4.78, 5) is 25.0. The number of anilines is 1. The highest BCUT2D eigenvalue weighted by Crippen LogP contribution is 2.47. The van der Waals surface area contributed by atoms with Gasteiger partial charge in [-0.25, -0.2) is 14.8 Å². The first-order valence-electron chi connectivity index (χ1n) is 9.68. The van der Waals surface area contributed by atoms with Crippen LogP contribution in [0.4, 0.5) is 5.82 Å². The Balaban J connectivity index is 2.31. The van der Waals surface area contributed by atoms with Crippen molar-refractivity contribution in [2.45, 2.75) is 0 Å². The van der Waals surface area contributed by atoms with Crippen molar-refractivity contribution in [2.24, 2.45) is 0 Å². The second-order valence-electron chi connectivity index (χ2n) is 7.40. The van der Waals surface area contributed by atoms with Crippen molar-refractivity contribution < 1.29 is 19.4 Å². The lowest BCUT2D eigenvalue weighted by atomic mass is 10.00. The van der Waals surface area contributed by atoms with Crippen LogP contribution in [0.2, 0.25) is 10.0 Å². The third-order valence-electron chi connectivity index (χ3n) is 5.03. The van der Waals surface area contributed by atoms with E-state index in [0.29, 0.717) is 40.5 Å². The molecule has 3 rings (SSSR count). The number of hydrogen-bond acceptors (Lipinski definition) is 7. The number of carbonyl (C=O) groups is 1. The number of rotatable bonds is 8. The zero-order chi connectivity index (χ0) is 23.6. The maximum Gasteiger partial charge on any atom is 0.337 e. The van der Waals surface area contributed by atoms with E-state index in [4.69, 9.17) is 37.7 Å². The largest absolute Gasteiger partial charge is 0.495 e. The summed E-state index contributed by atoms with van der Waals surface area (Å²) in [6.45, 7) is 1.51. The quantitative estimate of drug-likeness (QED) is 0.511. The predicted molar refractivity (Wildman–Crippen MR) is 127 cm³/mol. The Labute approximate surface area is 196 Å². The van der Waals surface area contributed by atoms with Gasteiger partial charge in [0, 0.05) is 37.3 Å². The second kappa shape index (κ2) is 9.77. The summed E-state index contributed by atoms with van der Waals surface area (Å²) in [6.07, 6.45) is 1.56. The average Bonchev–Trinajstić information content (AvgIpc) is 2.77.